The Morgan fingerprint density at radius 3 is 2.42 bits per heavy atom. The third kappa shape index (κ3) is 5.06. The second-order valence-electron chi connectivity index (χ2n) is 7.00. The van der Waals surface area contributed by atoms with Crippen molar-refractivity contribution in [1.82, 2.24) is 9.80 Å². The summed E-state index contributed by atoms with van der Waals surface area (Å²) in [5.41, 5.74) is 1.90. The van der Waals surface area contributed by atoms with Crippen molar-refractivity contribution in [3.8, 4) is 0 Å². The monoisotopic (exact) mass is 331 g/mol. The molecule has 1 heterocycles. The van der Waals surface area contributed by atoms with Crippen LogP contribution in [-0.4, -0.2) is 54.3 Å². The minimum absolute atomic E-state index is 0.00334. The number of rotatable bonds is 5. The van der Waals surface area contributed by atoms with Crippen molar-refractivity contribution in [2.24, 2.45) is 5.92 Å². The Bertz CT molecular complexity index is 562. The third-order valence-corrected chi connectivity index (χ3v) is 4.82. The van der Waals surface area contributed by atoms with Gasteiger partial charge in [-0.15, -0.1) is 0 Å². The van der Waals surface area contributed by atoms with Crippen LogP contribution >= 0.6 is 0 Å². The van der Waals surface area contributed by atoms with Gasteiger partial charge in [-0.05, 0) is 57.8 Å². The fraction of sp³-hybridized carbons (Fsp3) is 0.579. The standard InChI is InChI=1S/C19H29N3O2/c1-14-5-7-17(8-6-14)20-18(23)13-21(4)19(24)16(3)22-11-9-15(2)10-12-22/h5-8,15-16H,9-13H2,1-4H3,(H,20,23). The summed E-state index contributed by atoms with van der Waals surface area (Å²) in [6.45, 7) is 8.18. The first-order valence-corrected chi connectivity index (χ1v) is 8.72. The molecule has 1 saturated heterocycles. The largest absolute Gasteiger partial charge is 0.335 e. The highest BCUT2D eigenvalue weighted by atomic mass is 16.2. The summed E-state index contributed by atoms with van der Waals surface area (Å²) >= 11 is 0. The lowest BCUT2D eigenvalue weighted by Crippen LogP contribution is -2.49. The molecule has 1 unspecified atom stereocenters. The zero-order valence-corrected chi connectivity index (χ0v) is 15.2. The number of benzene rings is 1. The van der Waals surface area contributed by atoms with Gasteiger partial charge in [0.1, 0.15) is 0 Å². The minimum atomic E-state index is -0.172. The molecular weight excluding hydrogens is 302 g/mol. The van der Waals surface area contributed by atoms with Crippen LogP contribution in [0.2, 0.25) is 0 Å². The molecule has 1 aliphatic rings. The number of carbonyl (C=O) groups excluding carboxylic acids is 2. The number of anilines is 1. The molecule has 132 valence electrons. The van der Waals surface area contributed by atoms with E-state index in [0.29, 0.717) is 0 Å². The highest BCUT2D eigenvalue weighted by molar-refractivity contribution is 5.95. The van der Waals surface area contributed by atoms with Crippen LogP contribution in [0.3, 0.4) is 0 Å². The lowest BCUT2D eigenvalue weighted by molar-refractivity contribution is -0.138. The Hall–Kier alpha value is -1.88. The van der Waals surface area contributed by atoms with Crippen molar-refractivity contribution >= 4 is 17.5 Å². The van der Waals surface area contributed by atoms with Crippen molar-refractivity contribution in [3.63, 3.8) is 0 Å². The molecule has 5 nitrogen and oxygen atoms in total. The van der Waals surface area contributed by atoms with Gasteiger partial charge in [0.15, 0.2) is 0 Å². The number of carbonyl (C=O) groups is 2. The second-order valence-corrected chi connectivity index (χ2v) is 7.00. The molecule has 0 saturated carbocycles. The van der Waals surface area contributed by atoms with E-state index in [1.54, 1.807) is 7.05 Å². The lowest BCUT2D eigenvalue weighted by atomic mass is 9.98. The summed E-state index contributed by atoms with van der Waals surface area (Å²) in [7, 11) is 1.69. The van der Waals surface area contributed by atoms with E-state index >= 15 is 0 Å². The molecule has 2 amide bonds. The normalized spacial score (nSPS) is 17.3. The molecule has 5 heteroatoms. The van der Waals surface area contributed by atoms with Gasteiger partial charge in [-0.3, -0.25) is 14.5 Å². The quantitative estimate of drug-likeness (QED) is 0.902. The number of nitrogens with zero attached hydrogens (tertiary/aromatic N) is 2. The third-order valence-electron chi connectivity index (χ3n) is 4.82. The van der Waals surface area contributed by atoms with E-state index in [1.165, 1.54) is 4.90 Å². The van der Waals surface area contributed by atoms with Gasteiger partial charge in [0.25, 0.3) is 0 Å². The van der Waals surface area contributed by atoms with Crippen molar-refractivity contribution in [3.05, 3.63) is 29.8 Å². The van der Waals surface area contributed by atoms with E-state index in [2.05, 4.69) is 17.1 Å². The molecule has 24 heavy (non-hydrogen) atoms. The molecule has 1 aliphatic heterocycles. The zero-order valence-electron chi connectivity index (χ0n) is 15.2. The maximum Gasteiger partial charge on any atom is 0.243 e. The zero-order chi connectivity index (χ0) is 17.7. The summed E-state index contributed by atoms with van der Waals surface area (Å²) in [6.07, 6.45) is 2.27. The average Bonchev–Trinajstić information content (AvgIpc) is 2.56. The summed E-state index contributed by atoms with van der Waals surface area (Å²) in [5.74, 6) is 0.569. The van der Waals surface area contributed by atoms with Crippen molar-refractivity contribution < 1.29 is 9.59 Å². The number of likely N-dealkylation sites (tertiary alicyclic amines) is 1. The summed E-state index contributed by atoms with van der Waals surface area (Å²) in [6, 6.07) is 7.46. The predicted molar refractivity (Wildman–Crippen MR) is 96.9 cm³/mol. The molecule has 1 fully saturated rings. The first-order valence-electron chi connectivity index (χ1n) is 8.72. The molecule has 0 radical (unpaired) electrons. The smallest absolute Gasteiger partial charge is 0.243 e. The van der Waals surface area contributed by atoms with Crippen LogP contribution in [0.15, 0.2) is 24.3 Å². The number of hydrogen-bond acceptors (Lipinski definition) is 3. The van der Waals surface area contributed by atoms with Crippen LogP contribution in [0.1, 0.15) is 32.3 Å². The SMILES string of the molecule is Cc1ccc(NC(=O)CN(C)C(=O)C(C)N2CCC(C)CC2)cc1. The Morgan fingerprint density at radius 1 is 1.25 bits per heavy atom. The number of amides is 2. The molecule has 1 N–H and O–H groups in total. The van der Waals surface area contributed by atoms with Gasteiger partial charge in [-0.25, -0.2) is 0 Å². The first-order chi connectivity index (χ1) is 11.4. The number of nitrogens with one attached hydrogen (secondary N) is 1. The second kappa shape index (κ2) is 8.29. The average molecular weight is 331 g/mol. The van der Waals surface area contributed by atoms with Crippen molar-refractivity contribution in [2.45, 2.75) is 39.7 Å². The van der Waals surface area contributed by atoms with Crippen molar-refractivity contribution in [2.75, 3.05) is 32.0 Å². The fourth-order valence-corrected chi connectivity index (χ4v) is 3.02. The maximum absolute atomic E-state index is 12.6. The lowest BCUT2D eigenvalue weighted by Gasteiger charge is -2.35. The minimum Gasteiger partial charge on any atom is -0.335 e. The van der Waals surface area contributed by atoms with Crippen LogP contribution in [0.25, 0.3) is 0 Å². The molecule has 1 aromatic carbocycles. The Labute approximate surface area is 145 Å². The summed E-state index contributed by atoms with van der Waals surface area (Å²) in [4.78, 5) is 28.4. The molecular formula is C19H29N3O2. The van der Waals surface area contributed by atoms with Crippen LogP contribution in [0.4, 0.5) is 5.69 Å². The number of piperidine rings is 1. The predicted octanol–water partition coefficient (Wildman–Crippen LogP) is 2.51. The topological polar surface area (TPSA) is 52.7 Å². The molecule has 0 aliphatic carbocycles. The molecule has 0 bridgehead atoms. The fourth-order valence-electron chi connectivity index (χ4n) is 3.02. The van der Waals surface area contributed by atoms with E-state index in [9.17, 15) is 9.59 Å². The van der Waals surface area contributed by atoms with Gasteiger partial charge in [0.2, 0.25) is 11.8 Å². The number of hydrogen-bond donors (Lipinski definition) is 1. The number of likely N-dealkylation sites (N-methyl/N-ethyl adjacent to an activating group) is 1. The molecule has 1 aromatic rings. The molecule has 1 atom stereocenters. The van der Waals surface area contributed by atoms with Gasteiger partial charge in [-0.1, -0.05) is 24.6 Å². The Balaban J connectivity index is 1.83. The van der Waals surface area contributed by atoms with E-state index in [-0.39, 0.29) is 24.4 Å². The summed E-state index contributed by atoms with van der Waals surface area (Å²) in [5, 5.41) is 2.83. The van der Waals surface area contributed by atoms with E-state index < -0.39 is 0 Å². The Morgan fingerprint density at radius 2 is 1.83 bits per heavy atom. The number of aryl methyl sites for hydroxylation is 1. The highest BCUT2D eigenvalue weighted by Gasteiger charge is 2.27. The van der Waals surface area contributed by atoms with Crippen LogP contribution in [0.5, 0.6) is 0 Å². The maximum atomic E-state index is 12.6. The Kier molecular flexibility index (Phi) is 6.37. The van der Waals surface area contributed by atoms with E-state index in [1.807, 2.05) is 38.1 Å². The molecule has 0 aromatic heterocycles. The van der Waals surface area contributed by atoms with Crippen molar-refractivity contribution in [1.29, 1.82) is 0 Å². The van der Waals surface area contributed by atoms with Crippen LogP contribution in [-0.2, 0) is 9.59 Å². The summed E-state index contributed by atoms with van der Waals surface area (Å²) < 4.78 is 0. The van der Waals surface area contributed by atoms with Gasteiger partial charge in [-0.2, -0.15) is 0 Å². The van der Waals surface area contributed by atoms with Gasteiger partial charge in [0, 0.05) is 12.7 Å². The van der Waals surface area contributed by atoms with E-state index in [0.717, 1.165) is 43.1 Å². The van der Waals surface area contributed by atoms with E-state index in [4.69, 9.17) is 0 Å². The van der Waals surface area contributed by atoms with Crippen LogP contribution < -0.4 is 5.32 Å². The van der Waals surface area contributed by atoms with Gasteiger partial charge < -0.3 is 10.2 Å². The van der Waals surface area contributed by atoms with Gasteiger partial charge >= 0.3 is 0 Å². The van der Waals surface area contributed by atoms with Crippen LogP contribution in [0, 0.1) is 12.8 Å². The molecule has 2 rings (SSSR count). The molecule has 0 spiro atoms. The highest BCUT2D eigenvalue weighted by Crippen LogP contribution is 2.18. The first kappa shape index (κ1) is 18.5. The van der Waals surface area contributed by atoms with Gasteiger partial charge in [0.05, 0.1) is 12.6 Å².